The quantitative estimate of drug-likeness (QED) is 0.312. The summed E-state index contributed by atoms with van der Waals surface area (Å²) in [6.07, 6.45) is -3.35. The first-order chi connectivity index (χ1) is 19.6. The Bertz CT molecular complexity index is 1280. The minimum Gasteiger partial charge on any atom is -0.486 e. The summed E-state index contributed by atoms with van der Waals surface area (Å²) in [4.78, 5) is 47.8. The zero-order valence-corrected chi connectivity index (χ0v) is 25.9. The molecule has 13 nitrogen and oxygen atoms in total. The van der Waals surface area contributed by atoms with E-state index in [1.54, 1.807) is 11.6 Å². The van der Waals surface area contributed by atoms with Gasteiger partial charge in [0, 0.05) is 34.7 Å². The Morgan fingerprint density at radius 3 is 2.12 bits per heavy atom. The van der Waals surface area contributed by atoms with Crippen LogP contribution in [0.1, 0.15) is 59.9 Å². The molecule has 1 aromatic carbocycles. The summed E-state index contributed by atoms with van der Waals surface area (Å²) >= 11 is 1.10. The van der Waals surface area contributed by atoms with Gasteiger partial charge in [0.05, 0.1) is 0 Å². The van der Waals surface area contributed by atoms with Gasteiger partial charge in [-0.1, -0.05) is 44.7 Å². The lowest BCUT2D eigenvalue weighted by Crippen LogP contribution is -2.65. The van der Waals surface area contributed by atoms with E-state index in [-0.39, 0.29) is 18.6 Å². The number of amides is 1. The van der Waals surface area contributed by atoms with Crippen molar-refractivity contribution in [2.24, 2.45) is 7.05 Å². The summed E-state index contributed by atoms with van der Waals surface area (Å²) in [5.74, 6) is -1.16. The fourth-order valence-electron chi connectivity index (χ4n) is 4.27. The molecular formula is C28H38N4O9S. The van der Waals surface area contributed by atoms with Crippen molar-refractivity contribution in [1.82, 2.24) is 20.1 Å². The summed E-state index contributed by atoms with van der Waals surface area (Å²) < 4.78 is 30.0. The summed E-state index contributed by atoms with van der Waals surface area (Å²) in [6.45, 7) is 11.2. The van der Waals surface area contributed by atoms with Gasteiger partial charge in [-0.15, -0.1) is 10.2 Å². The standard InChI is InChI=1S/C28H38N4O9S/c1-15(33)29-23-25(40-18(4)36)24(39-17(3)35)21(13-37-16(2)34)41-26(23)42-27-31-30-22(32(27)8)14-38-20-11-9-19(10-12-20)28(5,6)7/h9-12,21,23-26H,13-14H2,1-8H3,(H,29,33)/t21-,23-,24+,25+,26+/m0/s1. The number of aromatic nitrogens is 3. The van der Waals surface area contributed by atoms with Crippen LogP contribution in [0.2, 0.25) is 0 Å². The van der Waals surface area contributed by atoms with E-state index in [1.165, 1.54) is 33.3 Å². The fourth-order valence-corrected chi connectivity index (χ4v) is 5.39. The largest absolute Gasteiger partial charge is 0.486 e. The van der Waals surface area contributed by atoms with Crippen LogP contribution in [0.3, 0.4) is 0 Å². The highest BCUT2D eigenvalue weighted by Crippen LogP contribution is 2.35. The van der Waals surface area contributed by atoms with Crippen molar-refractivity contribution in [1.29, 1.82) is 0 Å². The molecule has 2 aromatic rings. The number of nitrogens with one attached hydrogen (secondary N) is 1. The van der Waals surface area contributed by atoms with Gasteiger partial charge in [-0.05, 0) is 23.1 Å². The Kier molecular flexibility index (Phi) is 11.0. The molecular weight excluding hydrogens is 568 g/mol. The fraction of sp³-hybridized carbons (Fsp3) is 0.571. The molecule has 0 saturated carbocycles. The lowest BCUT2D eigenvalue weighted by atomic mass is 9.87. The van der Waals surface area contributed by atoms with Gasteiger partial charge in [-0.2, -0.15) is 0 Å². The Hall–Kier alpha value is -3.65. The van der Waals surface area contributed by atoms with E-state index < -0.39 is 53.6 Å². The third kappa shape index (κ3) is 8.92. The SMILES string of the molecule is CC(=O)N[C@H]1[C@@H](OC(C)=O)[C@H](OC(C)=O)[C@H](COC(C)=O)O[C@@H]1Sc1nnc(COc2ccc(C(C)(C)C)cc2)n1C. The minimum absolute atomic E-state index is 0.0222. The molecule has 230 valence electrons. The molecule has 0 unspecified atom stereocenters. The number of benzene rings is 1. The van der Waals surface area contributed by atoms with Crippen LogP contribution < -0.4 is 10.1 Å². The van der Waals surface area contributed by atoms with Crippen LogP contribution in [0.4, 0.5) is 0 Å². The average molecular weight is 607 g/mol. The molecule has 1 fully saturated rings. The number of carbonyl (C=O) groups excluding carboxylic acids is 4. The minimum atomic E-state index is -1.17. The van der Waals surface area contributed by atoms with Crippen LogP contribution in [0.15, 0.2) is 29.4 Å². The van der Waals surface area contributed by atoms with Crippen molar-refractivity contribution < 1.29 is 42.9 Å². The van der Waals surface area contributed by atoms with Crippen LogP contribution in [0.5, 0.6) is 5.75 Å². The van der Waals surface area contributed by atoms with Crippen LogP contribution in [0, 0.1) is 0 Å². The molecule has 0 aliphatic carbocycles. The lowest BCUT2D eigenvalue weighted by molar-refractivity contribution is -0.211. The van der Waals surface area contributed by atoms with Gasteiger partial charge < -0.3 is 33.6 Å². The van der Waals surface area contributed by atoms with Crippen molar-refractivity contribution >= 4 is 35.6 Å². The second-order valence-corrected chi connectivity index (χ2v) is 11.9. The van der Waals surface area contributed by atoms with E-state index in [9.17, 15) is 19.2 Å². The zero-order valence-electron chi connectivity index (χ0n) is 25.0. The molecule has 42 heavy (non-hydrogen) atoms. The van der Waals surface area contributed by atoms with Crippen molar-refractivity contribution in [3.05, 3.63) is 35.7 Å². The number of esters is 3. The first-order valence-corrected chi connectivity index (χ1v) is 14.2. The number of nitrogens with zero attached hydrogens (tertiary/aromatic N) is 3. The third-order valence-corrected chi connectivity index (χ3v) is 7.51. The van der Waals surface area contributed by atoms with Gasteiger partial charge >= 0.3 is 17.9 Å². The maximum absolute atomic E-state index is 12.2. The van der Waals surface area contributed by atoms with E-state index in [0.29, 0.717) is 16.7 Å². The normalized spacial score (nSPS) is 22.1. The summed E-state index contributed by atoms with van der Waals surface area (Å²) in [5, 5.41) is 11.7. The highest BCUT2D eigenvalue weighted by atomic mass is 32.2. The Labute approximate surface area is 248 Å². The molecule has 14 heteroatoms. The third-order valence-electron chi connectivity index (χ3n) is 6.31. The zero-order chi connectivity index (χ0) is 31.2. The van der Waals surface area contributed by atoms with Crippen molar-refractivity contribution in [2.75, 3.05) is 6.61 Å². The van der Waals surface area contributed by atoms with Crippen molar-refractivity contribution in [3.8, 4) is 5.75 Å². The monoisotopic (exact) mass is 606 g/mol. The number of hydrogen-bond donors (Lipinski definition) is 1. The Morgan fingerprint density at radius 1 is 0.952 bits per heavy atom. The number of ether oxygens (including phenoxy) is 5. The van der Waals surface area contributed by atoms with Gasteiger partial charge in [-0.3, -0.25) is 19.2 Å². The molecule has 0 radical (unpaired) electrons. The molecule has 1 N–H and O–H groups in total. The molecule has 1 saturated heterocycles. The summed E-state index contributed by atoms with van der Waals surface area (Å²) in [5.41, 5.74) is 0.296. The van der Waals surface area contributed by atoms with Crippen LogP contribution in [-0.4, -0.2) is 75.0 Å². The Morgan fingerprint density at radius 2 is 1.57 bits per heavy atom. The van der Waals surface area contributed by atoms with Gasteiger partial charge in [0.15, 0.2) is 23.2 Å². The average Bonchev–Trinajstić information content (AvgIpc) is 3.22. The van der Waals surface area contributed by atoms with Gasteiger partial charge in [0.2, 0.25) is 5.91 Å². The van der Waals surface area contributed by atoms with Gasteiger partial charge in [0.25, 0.3) is 0 Å². The van der Waals surface area contributed by atoms with Crippen molar-refractivity contribution in [2.45, 2.75) is 95.4 Å². The maximum atomic E-state index is 12.2. The smallest absolute Gasteiger partial charge is 0.303 e. The number of thioether (sulfide) groups is 1. The molecule has 0 spiro atoms. The molecule has 0 bridgehead atoms. The number of hydrogen-bond acceptors (Lipinski definition) is 12. The van der Waals surface area contributed by atoms with Gasteiger partial charge in [0.1, 0.15) is 36.5 Å². The second kappa shape index (κ2) is 14.0. The highest BCUT2D eigenvalue weighted by molar-refractivity contribution is 7.99. The lowest BCUT2D eigenvalue weighted by Gasteiger charge is -2.44. The molecule has 2 heterocycles. The molecule has 1 amide bonds. The van der Waals surface area contributed by atoms with E-state index in [0.717, 1.165) is 11.8 Å². The Balaban J connectivity index is 1.85. The molecule has 1 aliphatic rings. The molecule has 1 aliphatic heterocycles. The molecule has 3 rings (SSSR count). The molecule has 1 aromatic heterocycles. The predicted octanol–water partition coefficient (Wildman–Crippen LogP) is 2.44. The highest BCUT2D eigenvalue weighted by Gasteiger charge is 2.51. The first kappa shape index (κ1) is 32.9. The number of carbonyl (C=O) groups is 4. The van der Waals surface area contributed by atoms with Gasteiger partial charge in [-0.25, -0.2) is 0 Å². The van der Waals surface area contributed by atoms with Crippen LogP contribution in [-0.2, 0) is 57.2 Å². The van der Waals surface area contributed by atoms with E-state index in [2.05, 4.69) is 36.3 Å². The summed E-state index contributed by atoms with van der Waals surface area (Å²) in [7, 11) is 1.75. The second-order valence-electron chi connectivity index (χ2n) is 10.9. The number of rotatable bonds is 10. The van der Waals surface area contributed by atoms with Crippen LogP contribution in [0.25, 0.3) is 0 Å². The van der Waals surface area contributed by atoms with Crippen molar-refractivity contribution in [3.63, 3.8) is 0 Å². The topological polar surface area (TPSA) is 157 Å². The van der Waals surface area contributed by atoms with E-state index in [1.807, 2.05) is 24.3 Å². The first-order valence-electron chi connectivity index (χ1n) is 13.3. The van der Waals surface area contributed by atoms with E-state index in [4.69, 9.17) is 23.7 Å². The summed E-state index contributed by atoms with van der Waals surface area (Å²) in [6, 6.07) is 6.87. The van der Waals surface area contributed by atoms with Crippen LogP contribution >= 0.6 is 11.8 Å². The predicted molar refractivity (Wildman–Crippen MR) is 150 cm³/mol. The maximum Gasteiger partial charge on any atom is 0.303 e. The molecule has 5 atom stereocenters. The van der Waals surface area contributed by atoms with E-state index >= 15 is 0 Å².